The first-order chi connectivity index (χ1) is 32.2. The van der Waals surface area contributed by atoms with Crippen LogP contribution in [-0.4, -0.2) is 24.1 Å². The standard InChI is InChI=1S/C59H35N5O/c1-2-19-40(20-3-1)63-50-26-11-8-22-42(50)46-32-39(29-30-52(46)63)57-60-58(45-25-14-18-36-15-6-7-21-41(36)45)62-59(61-57)49-35-56-48(44-24-10-13-28-55(44)65-56)34-54(49)64-51-27-12-9-23-43(51)47-31-37-16-4-5-17-38(37)33-53(47)64/h1-35H. The number of fused-ring (bicyclic) bond motifs is 11. The van der Waals surface area contributed by atoms with Crippen molar-refractivity contribution >= 4 is 87.1 Å². The third kappa shape index (κ3) is 5.44. The highest BCUT2D eigenvalue weighted by Crippen LogP contribution is 2.42. The van der Waals surface area contributed by atoms with E-state index >= 15 is 0 Å². The van der Waals surface area contributed by atoms with Gasteiger partial charge in [-0.25, -0.2) is 15.0 Å². The molecule has 0 spiro atoms. The van der Waals surface area contributed by atoms with E-state index in [1.165, 1.54) is 21.5 Å². The summed E-state index contributed by atoms with van der Waals surface area (Å²) in [5.41, 5.74) is 10.8. The van der Waals surface area contributed by atoms with Gasteiger partial charge in [0.15, 0.2) is 17.5 Å². The number of hydrogen-bond acceptors (Lipinski definition) is 4. The van der Waals surface area contributed by atoms with Crippen molar-refractivity contribution in [2.45, 2.75) is 0 Å². The summed E-state index contributed by atoms with van der Waals surface area (Å²) < 4.78 is 11.4. The summed E-state index contributed by atoms with van der Waals surface area (Å²) in [7, 11) is 0. The molecule has 0 fully saturated rings. The van der Waals surface area contributed by atoms with Gasteiger partial charge in [-0.05, 0) is 94.3 Å². The minimum absolute atomic E-state index is 0.550. The summed E-state index contributed by atoms with van der Waals surface area (Å²) in [6, 6.07) is 75.0. The van der Waals surface area contributed by atoms with Gasteiger partial charge < -0.3 is 13.6 Å². The SMILES string of the molecule is c1ccc(-n2c3ccccc3c3cc(-c4nc(-c5cc6oc7ccccc7c6cc5-n5c6ccccc6c6cc7ccccc7cc65)nc(-c5cccc6ccccc56)n4)ccc32)cc1. The Bertz CT molecular complexity index is 4250. The number of para-hydroxylation sites is 4. The van der Waals surface area contributed by atoms with Crippen LogP contribution in [0, 0.1) is 0 Å². The van der Waals surface area contributed by atoms with Gasteiger partial charge >= 0.3 is 0 Å². The van der Waals surface area contributed by atoms with Crippen LogP contribution in [-0.2, 0) is 0 Å². The van der Waals surface area contributed by atoms with Gasteiger partial charge in [-0.1, -0.05) is 140 Å². The Kier molecular flexibility index (Phi) is 7.59. The van der Waals surface area contributed by atoms with Gasteiger partial charge in [0, 0.05) is 54.7 Å². The Hall–Kier alpha value is -8.87. The smallest absolute Gasteiger partial charge is 0.166 e. The third-order valence-electron chi connectivity index (χ3n) is 13.1. The van der Waals surface area contributed by atoms with E-state index in [2.05, 4.69) is 209 Å². The highest BCUT2D eigenvalue weighted by Gasteiger charge is 2.24. The Morgan fingerprint density at radius 2 is 0.892 bits per heavy atom. The molecule has 10 aromatic carbocycles. The van der Waals surface area contributed by atoms with E-state index in [4.69, 9.17) is 19.4 Å². The molecule has 302 valence electrons. The van der Waals surface area contributed by atoms with Crippen LogP contribution in [0.15, 0.2) is 217 Å². The maximum atomic E-state index is 6.65. The van der Waals surface area contributed by atoms with Crippen LogP contribution in [0.4, 0.5) is 0 Å². The first-order valence-corrected chi connectivity index (χ1v) is 21.9. The lowest BCUT2D eigenvalue weighted by atomic mass is 10.0. The van der Waals surface area contributed by atoms with Gasteiger partial charge in [-0.15, -0.1) is 0 Å². The molecule has 0 aliphatic heterocycles. The van der Waals surface area contributed by atoms with Crippen molar-refractivity contribution in [3.63, 3.8) is 0 Å². The third-order valence-corrected chi connectivity index (χ3v) is 13.1. The molecule has 14 rings (SSSR count). The molecule has 0 aliphatic carbocycles. The normalized spacial score (nSPS) is 12.0. The molecular formula is C59H35N5O. The average Bonchev–Trinajstić information content (AvgIpc) is 4.02. The molecule has 0 saturated heterocycles. The maximum Gasteiger partial charge on any atom is 0.166 e. The second-order valence-corrected chi connectivity index (χ2v) is 16.8. The molecule has 6 heteroatoms. The van der Waals surface area contributed by atoms with Crippen molar-refractivity contribution in [3.8, 4) is 45.5 Å². The highest BCUT2D eigenvalue weighted by molar-refractivity contribution is 6.15. The van der Waals surface area contributed by atoms with E-state index in [-0.39, 0.29) is 0 Å². The summed E-state index contributed by atoms with van der Waals surface area (Å²) in [6.07, 6.45) is 0. The van der Waals surface area contributed by atoms with Crippen LogP contribution in [0.2, 0.25) is 0 Å². The second kappa shape index (κ2) is 13.8. The summed E-state index contributed by atoms with van der Waals surface area (Å²) in [4.78, 5) is 16.3. The van der Waals surface area contributed by atoms with E-state index in [0.717, 1.165) is 93.6 Å². The molecule has 4 aromatic heterocycles. The molecule has 0 unspecified atom stereocenters. The largest absolute Gasteiger partial charge is 0.456 e. The number of nitrogens with zero attached hydrogens (tertiary/aromatic N) is 5. The fraction of sp³-hybridized carbons (Fsp3) is 0. The molecule has 14 aromatic rings. The van der Waals surface area contributed by atoms with Gasteiger partial charge in [0.25, 0.3) is 0 Å². The molecular weight excluding hydrogens is 795 g/mol. The number of aromatic nitrogens is 5. The zero-order valence-electron chi connectivity index (χ0n) is 34.9. The van der Waals surface area contributed by atoms with E-state index in [9.17, 15) is 0 Å². The Balaban J connectivity index is 1.09. The first-order valence-electron chi connectivity index (χ1n) is 21.9. The molecule has 65 heavy (non-hydrogen) atoms. The van der Waals surface area contributed by atoms with Crippen LogP contribution in [0.25, 0.3) is 133 Å². The van der Waals surface area contributed by atoms with Crippen LogP contribution in [0.3, 0.4) is 0 Å². The predicted octanol–water partition coefficient (Wildman–Crippen LogP) is 15.3. The van der Waals surface area contributed by atoms with Crippen molar-refractivity contribution in [1.29, 1.82) is 0 Å². The Labute approximate surface area is 371 Å². The average molecular weight is 830 g/mol. The molecule has 4 heterocycles. The van der Waals surface area contributed by atoms with Crippen LogP contribution < -0.4 is 0 Å². The second-order valence-electron chi connectivity index (χ2n) is 16.8. The van der Waals surface area contributed by atoms with Crippen molar-refractivity contribution in [1.82, 2.24) is 24.1 Å². The van der Waals surface area contributed by atoms with E-state index < -0.39 is 0 Å². The number of benzene rings is 10. The monoisotopic (exact) mass is 829 g/mol. The van der Waals surface area contributed by atoms with Crippen molar-refractivity contribution in [2.75, 3.05) is 0 Å². The first kappa shape index (κ1) is 35.7. The van der Waals surface area contributed by atoms with Crippen molar-refractivity contribution in [2.24, 2.45) is 0 Å². The minimum Gasteiger partial charge on any atom is -0.456 e. The molecule has 0 saturated carbocycles. The summed E-state index contributed by atoms with van der Waals surface area (Å²) in [5, 5.41) is 11.3. The molecule has 6 nitrogen and oxygen atoms in total. The van der Waals surface area contributed by atoms with Crippen LogP contribution in [0.1, 0.15) is 0 Å². The molecule has 0 N–H and O–H groups in total. The number of rotatable bonds is 5. The predicted molar refractivity (Wildman–Crippen MR) is 267 cm³/mol. The fourth-order valence-corrected chi connectivity index (χ4v) is 10.2. The van der Waals surface area contributed by atoms with Crippen LogP contribution in [0.5, 0.6) is 0 Å². The van der Waals surface area contributed by atoms with Gasteiger partial charge in [0.2, 0.25) is 0 Å². The number of hydrogen-bond donors (Lipinski definition) is 0. The summed E-state index contributed by atoms with van der Waals surface area (Å²) in [5.74, 6) is 1.73. The molecule has 0 radical (unpaired) electrons. The van der Waals surface area contributed by atoms with Gasteiger partial charge in [0.1, 0.15) is 11.2 Å². The highest BCUT2D eigenvalue weighted by atomic mass is 16.3. The molecule has 0 aliphatic rings. The fourth-order valence-electron chi connectivity index (χ4n) is 10.2. The topological polar surface area (TPSA) is 61.7 Å². The minimum atomic E-state index is 0.550. The van der Waals surface area contributed by atoms with Gasteiger partial charge in [0.05, 0.1) is 27.8 Å². The van der Waals surface area contributed by atoms with Crippen molar-refractivity contribution in [3.05, 3.63) is 212 Å². The zero-order chi connectivity index (χ0) is 42.6. The summed E-state index contributed by atoms with van der Waals surface area (Å²) in [6.45, 7) is 0. The van der Waals surface area contributed by atoms with E-state index in [1.807, 2.05) is 12.1 Å². The maximum absolute atomic E-state index is 6.65. The zero-order valence-corrected chi connectivity index (χ0v) is 34.9. The van der Waals surface area contributed by atoms with Gasteiger partial charge in [-0.3, -0.25) is 0 Å². The molecule has 0 atom stereocenters. The van der Waals surface area contributed by atoms with Gasteiger partial charge in [-0.2, -0.15) is 0 Å². The lowest BCUT2D eigenvalue weighted by molar-refractivity contribution is 0.669. The lowest BCUT2D eigenvalue weighted by Crippen LogP contribution is -2.04. The summed E-state index contributed by atoms with van der Waals surface area (Å²) >= 11 is 0. The van der Waals surface area contributed by atoms with E-state index in [0.29, 0.717) is 17.5 Å². The molecule has 0 bridgehead atoms. The number of furan rings is 1. The Morgan fingerprint density at radius 1 is 0.308 bits per heavy atom. The molecule has 0 amide bonds. The van der Waals surface area contributed by atoms with Crippen molar-refractivity contribution < 1.29 is 4.42 Å². The van der Waals surface area contributed by atoms with E-state index in [1.54, 1.807) is 0 Å². The quantitative estimate of drug-likeness (QED) is 0.173. The van der Waals surface area contributed by atoms with Crippen LogP contribution >= 0.6 is 0 Å². The lowest BCUT2D eigenvalue weighted by Gasteiger charge is -2.16. The Morgan fingerprint density at radius 3 is 1.69 bits per heavy atom.